The van der Waals surface area contributed by atoms with Crippen molar-refractivity contribution in [1.29, 1.82) is 0 Å². The number of hydrogen-bond donors (Lipinski definition) is 0. The number of benzene rings is 1. The maximum atomic E-state index is 13.9. The van der Waals surface area contributed by atoms with Crippen molar-refractivity contribution >= 4 is 17.7 Å². The Bertz CT molecular complexity index is 1350. The molecule has 0 bridgehead atoms. The maximum absolute atomic E-state index is 13.9. The van der Waals surface area contributed by atoms with Crippen LogP contribution in [0.15, 0.2) is 36.4 Å². The molecule has 0 radical (unpaired) electrons. The predicted molar refractivity (Wildman–Crippen MR) is 181 cm³/mol. The summed E-state index contributed by atoms with van der Waals surface area (Å²) < 4.78 is 112. The van der Waals surface area contributed by atoms with Gasteiger partial charge in [-0.25, -0.2) is 4.79 Å². The van der Waals surface area contributed by atoms with Gasteiger partial charge >= 0.3 is 24.6 Å². The van der Waals surface area contributed by atoms with Crippen LogP contribution < -0.4 is 9.80 Å². The molecule has 1 aromatic carbocycles. The SMILES string of the molecule is C/C=C/CC(F)(F)F.C/C=C\CC.CC(F)(F)F.CCc1cc2c(cc1C(F)(F)F)N(C(=O)OC(CC)CC)CCCC2N(C)c1nnn(C)n1. The average molecular weight is 747 g/mol. The standard InChI is InChI=1S/C22H31F3N6O2.C5H7F3.C5H10.C2H3F3/c1-6-14-12-16-18(29(4)20-26-28-30(5)27-20)10-9-11-31(21(32)33-15(7-2)8-3)19(16)13-17(14)22(23,24)25;1-2-3-4-5(6,7)8;1-3-5-4-2;1-2(3,4)5/h12-13,15,18H,6-11H2,1-5H3;2-3H,4H2,1H3;3,5H,4H2,1-2H3;1H3/b;3-2+;5-3-;. The first-order valence-corrected chi connectivity index (χ1v) is 16.6. The molecule has 3 rings (SSSR count). The summed E-state index contributed by atoms with van der Waals surface area (Å²) in [6.45, 7) is 11.7. The Balaban J connectivity index is 0.00000114. The fourth-order valence-corrected chi connectivity index (χ4v) is 4.72. The van der Waals surface area contributed by atoms with Crippen molar-refractivity contribution in [3.05, 3.63) is 53.1 Å². The van der Waals surface area contributed by atoms with Crippen LogP contribution in [0, 0.1) is 0 Å². The lowest BCUT2D eigenvalue weighted by atomic mass is 9.93. The monoisotopic (exact) mass is 746 g/mol. The average Bonchev–Trinajstić information content (AvgIpc) is 3.38. The fraction of sp³-hybridized carbons (Fsp3) is 0.647. The van der Waals surface area contributed by atoms with Gasteiger partial charge in [0.2, 0.25) is 0 Å². The van der Waals surface area contributed by atoms with Crippen LogP contribution in [0.3, 0.4) is 0 Å². The first-order valence-electron chi connectivity index (χ1n) is 16.6. The van der Waals surface area contributed by atoms with E-state index in [1.165, 1.54) is 15.8 Å². The number of rotatable bonds is 8. The topological polar surface area (TPSA) is 76.4 Å². The van der Waals surface area contributed by atoms with Crippen LogP contribution in [-0.2, 0) is 24.4 Å². The number of hydrogen-bond acceptors (Lipinski definition) is 6. The summed E-state index contributed by atoms with van der Waals surface area (Å²) >= 11 is 0. The van der Waals surface area contributed by atoms with E-state index in [1.54, 1.807) is 38.9 Å². The minimum Gasteiger partial charge on any atom is -0.446 e. The van der Waals surface area contributed by atoms with Crippen molar-refractivity contribution in [3.63, 3.8) is 0 Å². The van der Waals surface area contributed by atoms with E-state index in [0.717, 1.165) is 18.6 Å². The molecule has 1 unspecified atom stereocenters. The molecule has 8 nitrogen and oxygen atoms in total. The van der Waals surface area contributed by atoms with E-state index in [9.17, 15) is 44.3 Å². The van der Waals surface area contributed by atoms with E-state index >= 15 is 0 Å². The second-order valence-electron chi connectivity index (χ2n) is 11.4. The Labute approximate surface area is 294 Å². The number of aryl methyl sites for hydroxylation is 2. The summed E-state index contributed by atoms with van der Waals surface area (Å²) in [7, 11) is 3.43. The number of amides is 1. The second-order valence-corrected chi connectivity index (χ2v) is 11.4. The van der Waals surface area contributed by atoms with Crippen molar-refractivity contribution in [3.8, 4) is 0 Å². The van der Waals surface area contributed by atoms with Crippen LogP contribution in [0.5, 0.6) is 0 Å². The smallest absolute Gasteiger partial charge is 0.416 e. The first kappa shape index (κ1) is 47.2. The predicted octanol–water partition coefficient (Wildman–Crippen LogP) is 11.0. The Hall–Kier alpha value is -3.79. The molecule has 51 heavy (non-hydrogen) atoms. The normalized spacial score (nSPS) is 14.9. The lowest BCUT2D eigenvalue weighted by Gasteiger charge is -2.30. The largest absolute Gasteiger partial charge is 0.446 e. The molecule has 0 saturated carbocycles. The highest BCUT2D eigenvalue weighted by atomic mass is 19.4. The van der Waals surface area contributed by atoms with Crippen molar-refractivity contribution in [2.45, 2.75) is 124 Å². The van der Waals surface area contributed by atoms with Gasteiger partial charge in [0, 0.05) is 20.5 Å². The third-order valence-electron chi connectivity index (χ3n) is 7.18. The Morgan fingerprint density at radius 1 is 1.00 bits per heavy atom. The molecule has 0 saturated heterocycles. The molecule has 2 heterocycles. The number of nitrogens with zero attached hydrogens (tertiary/aromatic N) is 6. The fourth-order valence-electron chi connectivity index (χ4n) is 4.72. The van der Waals surface area contributed by atoms with Crippen LogP contribution >= 0.6 is 0 Å². The lowest BCUT2D eigenvalue weighted by molar-refractivity contribution is -0.138. The molecule has 1 atom stereocenters. The number of anilines is 2. The third kappa shape index (κ3) is 18.3. The number of ether oxygens (including phenoxy) is 1. The molecule has 1 amide bonds. The summed E-state index contributed by atoms with van der Waals surface area (Å²) in [6.07, 6.45) is -3.84. The number of alkyl halides is 9. The summed E-state index contributed by atoms with van der Waals surface area (Å²) in [4.78, 5) is 17.6. The highest BCUT2D eigenvalue weighted by molar-refractivity contribution is 5.89. The zero-order valence-corrected chi connectivity index (χ0v) is 30.7. The number of aromatic nitrogens is 4. The van der Waals surface area contributed by atoms with Gasteiger partial charge in [0.1, 0.15) is 6.10 Å². The van der Waals surface area contributed by atoms with E-state index < -0.39 is 36.6 Å². The highest BCUT2D eigenvalue weighted by Gasteiger charge is 2.38. The Kier molecular flexibility index (Phi) is 20.6. The van der Waals surface area contributed by atoms with Crippen molar-refractivity contribution < 1.29 is 49.0 Å². The van der Waals surface area contributed by atoms with Crippen LogP contribution in [-0.4, -0.2) is 58.3 Å². The molecular formula is C34H51F9N6O2. The van der Waals surface area contributed by atoms with Gasteiger partial charge < -0.3 is 9.64 Å². The van der Waals surface area contributed by atoms with E-state index in [1.807, 2.05) is 20.8 Å². The second kappa shape index (κ2) is 22.2. The molecule has 17 heteroatoms. The molecular weight excluding hydrogens is 695 g/mol. The molecule has 1 aliphatic rings. The van der Waals surface area contributed by atoms with Gasteiger partial charge in [-0.3, -0.25) is 4.90 Å². The molecule has 0 spiro atoms. The van der Waals surface area contributed by atoms with Gasteiger partial charge in [0.25, 0.3) is 5.95 Å². The van der Waals surface area contributed by atoms with Crippen LogP contribution in [0.25, 0.3) is 0 Å². The summed E-state index contributed by atoms with van der Waals surface area (Å²) in [5, 5.41) is 12.2. The van der Waals surface area contributed by atoms with Gasteiger partial charge in [-0.15, -0.1) is 5.10 Å². The molecule has 292 valence electrons. The first-order chi connectivity index (χ1) is 23.6. The van der Waals surface area contributed by atoms with E-state index in [0.29, 0.717) is 37.2 Å². The van der Waals surface area contributed by atoms with Gasteiger partial charge in [0.15, 0.2) is 0 Å². The molecule has 0 N–H and O–H groups in total. The van der Waals surface area contributed by atoms with Crippen LogP contribution in [0.1, 0.15) is 110 Å². The molecule has 0 fully saturated rings. The van der Waals surface area contributed by atoms with Crippen molar-refractivity contribution in [2.24, 2.45) is 7.05 Å². The number of halogens is 9. The van der Waals surface area contributed by atoms with Gasteiger partial charge in [-0.05, 0) is 74.8 Å². The zero-order chi connectivity index (χ0) is 39.6. The summed E-state index contributed by atoms with van der Waals surface area (Å²) in [5.41, 5.74) is 0.287. The highest BCUT2D eigenvalue weighted by Crippen LogP contribution is 2.43. The molecule has 2 aromatic rings. The number of tetrazole rings is 1. The minimum absolute atomic E-state index is 0.182. The summed E-state index contributed by atoms with van der Waals surface area (Å²) in [5.74, 6) is 0.361. The molecule has 0 aliphatic carbocycles. The number of carbonyl (C=O) groups is 1. The van der Waals surface area contributed by atoms with Crippen LogP contribution in [0.4, 0.5) is 55.9 Å². The van der Waals surface area contributed by atoms with Crippen molar-refractivity contribution in [1.82, 2.24) is 20.2 Å². The molecule has 1 aliphatic heterocycles. The quantitative estimate of drug-likeness (QED) is 0.198. The summed E-state index contributed by atoms with van der Waals surface area (Å²) in [6, 6.07) is 2.33. The van der Waals surface area contributed by atoms with E-state index in [4.69, 9.17) is 4.74 Å². The molecule has 1 aromatic heterocycles. The lowest BCUT2D eigenvalue weighted by Crippen LogP contribution is -2.35. The van der Waals surface area contributed by atoms with Crippen LogP contribution in [0.2, 0.25) is 0 Å². The maximum Gasteiger partial charge on any atom is 0.416 e. The zero-order valence-electron chi connectivity index (χ0n) is 30.7. The Morgan fingerprint density at radius 2 is 1.57 bits per heavy atom. The van der Waals surface area contributed by atoms with E-state index in [2.05, 4.69) is 34.5 Å². The van der Waals surface area contributed by atoms with Gasteiger partial charge in [-0.1, -0.05) is 63.2 Å². The van der Waals surface area contributed by atoms with E-state index in [-0.39, 0.29) is 43.3 Å². The minimum atomic E-state index is -4.54. The number of carbonyl (C=O) groups excluding carboxylic acids is 1. The van der Waals surface area contributed by atoms with Gasteiger partial charge in [-0.2, -0.15) is 44.3 Å². The van der Waals surface area contributed by atoms with Gasteiger partial charge in [0.05, 0.1) is 30.8 Å². The number of allylic oxidation sites excluding steroid dienone is 4. The van der Waals surface area contributed by atoms with Crippen molar-refractivity contribution in [2.75, 3.05) is 23.4 Å². The Morgan fingerprint density at radius 3 is 1.94 bits per heavy atom. The number of fused-ring (bicyclic) bond motifs is 1. The third-order valence-corrected chi connectivity index (χ3v) is 7.18.